The first kappa shape index (κ1) is 12.9. The highest BCUT2D eigenvalue weighted by atomic mass is 16.6. The minimum atomic E-state index is -0.457. The van der Waals surface area contributed by atoms with Crippen LogP contribution in [0.15, 0.2) is 18.2 Å². The summed E-state index contributed by atoms with van der Waals surface area (Å²) in [6.07, 6.45) is 4.20. The monoisotopic (exact) mass is 275 g/mol. The average Bonchev–Trinajstić information content (AvgIpc) is 3.08. The van der Waals surface area contributed by atoms with Crippen LogP contribution in [0.25, 0.3) is 0 Å². The first-order chi connectivity index (χ1) is 9.65. The van der Waals surface area contributed by atoms with Gasteiger partial charge in [-0.15, -0.1) is 0 Å². The van der Waals surface area contributed by atoms with Crippen molar-refractivity contribution in [3.8, 4) is 0 Å². The number of carbonyl (C=O) groups is 1. The van der Waals surface area contributed by atoms with E-state index in [2.05, 4.69) is 10.2 Å². The molecule has 1 aliphatic heterocycles. The van der Waals surface area contributed by atoms with Crippen LogP contribution in [-0.2, 0) is 0 Å². The van der Waals surface area contributed by atoms with E-state index < -0.39 is 4.92 Å². The number of hydrogen-bond donors (Lipinski definition) is 1. The normalized spacial score (nSPS) is 18.1. The summed E-state index contributed by atoms with van der Waals surface area (Å²) in [5.74, 6) is -0.196. The third-order valence-electron chi connectivity index (χ3n) is 3.79. The number of nitrogens with zero attached hydrogens (tertiary/aromatic N) is 2. The second-order valence-corrected chi connectivity index (χ2v) is 5.40. The summed E-state index contributed by atoms with van der Waals surface area (Å²) >= 11 is 0. The third-order valence-corrected chi connectivity index (χ3v) is 3.79. The van der Waals surface area contributed by atoms with Gasteiger partial charge in [-0.3, -0.25) is 14.9 Å². The van der Waals surface area contributed by atoms with E-state index in [1.165, 1.54) is 12.1 Å². The van der Waals surface area contributed by atoms with Crippen molar-refractivity contribution < 1.29 is 9.72 Å². The number of amides is 1. The third kappa shape index (κ3) is 2.59. The fourth-order valence-corrected chi connectivity index (χ4v) is 2.54. The number of nitro groups is 1. The quantitative estimate of drug-likeness (QED) is 0.674. The van der Waals surface area contributed by atoms with Crippen LogP contribution in [0.4, 0.5) is 11.4 Å². The van der Waals surface area contributed by atoms with Gasteiger partial charge in [-0.1, -0.05) is 0 Å². The molecule has 6 heteroatoms. The first-order valence-electron chi connectivity index (χ1n) is 6.99. The van der Waals surface area contributed by atoms with Gasteiger partial charge in [0, 0.05) is 31.3 Å². The molecule has 0 aromatic heterocycles. The fraction of sp³-hybridized carbons (Fsp3) is 0.500. The molecule has 0 bridgehead atoms. The zero-order chi connectivity index (χ0) is 14.1. The zero-order valence-electron chi connectivity index (χ0n) is 11.2. The van der Waals surface area contributed by atoms with Crippen molar-refractivity contribution in [1.82, 2.24) is 5.32 Å². The summed E-state index contributed by atoms with van der Waals surface area (Å²) in [6.45, 7) is 1.81. The number of benzene rings is 1. The Labute approximate surface area is 116 Å². The molecule has 2 aliphatic rings. The van der Waals surface area contributed by atoms with Gasteiger partial charge in [0.2, 0.25) is 0 Å². The number of nitro benzene ring substituents is 1. The highest BCUT2D eigenvalue weighted by Gasteiger charge is 2.27. The molecule has 1 saturated heterocycles. The highest BCUT2D eigenvalue weighted by Crippen LogP contribution is 2.29. The molecule has 106 valence electrons. The van der Waals surface area contributed by atoms with Gasteiger partial charge in [0.1, 0.15) is 0 Å². The Bertz CT molecular complexity index is 549. The van der Waals surface area contributed by atoms with Crippen LogP contribution >= 0.6 is 0 Å². The van der Waals surface area contributed by atoms with Crippen molar-refractivity contribution >= 4 is 17.3 Å². The van der Waals surface area contributed by atoms with E-state index in [9.17, 15) is 14.9 Å². The van der Waals surface area contributed by atoms with E-state index in [4.69, 9.17) is 0 Å². The van der Waals surface area contributed by atoms with Crippen molar-refractivity contribution in [2.24, 2.45) is 0 Å². The number of carbonyl (C=O) groups excluding carboxylic acids is 1. The lowest BCUT2D eigenvalue weighted by atomic mass is 10.1. The molecule has 1 aliphatic carbocycles. The fourth-order valence-electron chi connectivity index (χ4n) is 2.54. The summed E-state index contributed by atoms with van der Waals surface area (Å²) in [5, 5.41) is 13.8. The number of rotatable bonds is 4. The van der Waals surface area contributed by atoms with Gasteiger partial charge in [-0.25, -0.2) is 0 Å². The molecule has 0 spiro atoms. The van der Waals surface area contributed by atoms with Gasteiger partial charge in [0.25, 0.3) is 11.6 Å². The molecule has 1 saturated carbocycles. The van der Waals surface area contributed by atoms with Gasteiger partial charge in [-0.2, -0.15) is 0 Å². The van der Waals surface area contributed by atoms with Gasteiger partial charge in [0.05, 0.1) is 16.2 Å². The molecule has 1 aromatic rings. The molecule has 1 aromatic carbocycles. The first-order valence-corrected chi connectivity index (χ1v) is 6.99. The summed E-state index contributed by atoms with van der Waals surface area (Å²) in [7, 11) is 0. The Balaban J connectivity index is 1.94. The van der Waals surface area contributed by atoms with E-state index in [1.807, 2.05) is 0 Å². The van der Waals surface area contributed by atoms with Gasteiger partial charge in [0.15, 0.2) is 0 Å². The molecular weight excluding hydrogens is 258 g/mol. The largest absolute Gasteiger partial charge is 0.371 e. The summed E-state index contributed by atoms with van der Waals surface area (Å²) < 4.78 is 0. The standard InChI is InChI=1S/C14H17N3O3/c18-14(15-10-3-4-10)12-9-11(17(19)20)5-6-13(12)16-7-1-2-8-16/h5-6,9-10H,1-4,7-8H2,(H,15,18). The van der Waals surface area contributed by atoms with E-state index >= 15 is 0 Å². The Morgan fingerprint density at radius 2 is 2.00 bits per heavy atom. The highest BCUT2D eigenvalue weighted by molar-refractivity contribution is 6.00. The SMILES string of the molecule is O=C(NC1CC1)c1cc([N+](=O)[O-])ccc1N1CCCC1. The maximum absolute atomic E-state index is 12.3. The van der Waals surface area contributed by atoms with Crippen LogP contribution in [-0.4, -0.2) is 30.0 Å². The number of nitrogens with one attached hydrogen (secondary N) is 1. The van der Waals surface area contributed by atoms with Crippen molar-refractivity contribution in [3.63, 3.8) is 0 Å². The van der Waals surface area contributed by atoms with E-state index in [1.54, 1.807) is 6.07 Å². The van der Waals surface area contributed by atoms with Gasteiger partial charge in [-0.05, 0) is 31.7 Å². The molecule has 3 rings (SSSR count). The second kappa shape index (κ2) is 5.11. The molecule has 6 nitrogen and oxygen atoms in total. The van der Waals surface area contributed by atoms with E-state index in [0.717, 1.165) is 44.5 Å². The summed E-state index contributed by atoms with van der Waals surface area (Å²) in [4.78, 5) is 24.9. The van der Waals surface area contributed by atoms with Crippen molar-refractivity contribution in [3.05, 3.63) is 33.9 Å². The van der Waals surface area contributed by atoms with Crippen molar-refractivity contribution in [2.75, 3.05) is 18.0 Å². The topological polar surface area (TPSA) is 75.5 Å². The Hall–Kier alpha value is -2.11. The molecule has 1 amide bonds. The maximum atomic E-state index is 12.3. The molecule has 2 fully saturated rings. The Morgan fingerprint density at radius 3 is 2.60 bits per heavy atom. The molecule has 1 N–H and O–H groups in total. The minimum absolute atomic E-state index is 0.0334. The lowest BCUT2D eigenvalue weighted by Crippen LogP contribution is -2.28. The molecule has 0 radical (unpaired) electrons. The number of hydrogen-bond acceptors (Lipinski definition) is 4. The maximum Gasteiger partial charge on any atom is 0.270 e. The van der Waals surface area contributed by atoms with E-state index in [-0.39, 0.29) is 17.6 Å². The number of non-ortho nitro benzene ring substituents is 1. The smallest absolute Gasteiger partial charge is 0.270 e. The average molecular weight is 275 g/mol. The molecule has 20 heavy (non-hydrogen) atoms. The lowest BCUT2D eigenvalue weighted by molar-refractivity contribution is -0.384. The molecule has 1 heterocycles. The van der Waals surface area contributed by atoms with Gasteiger partial charge < -0.3 is 10.2 Å². The predicted molar refractivity (Wildman–Crippen MR) is 75.0 cm³/mol. The van der Waals surface area contributed by atoms with Crippen LogP contribution in [0, 0.1) is 10.1 Å². The molecular formula is C14H17N3O3. The molecule has 0 unspecified atom stereocenters. The summed E-state index contributed by atoms with van der Waals surface area (Å²) in [6, 6.07) is 4.81. The van der Waals surface area contributed by atoms with Crippen LogP contribution in [0.2, 0.25) is 0 Å². The van der Waals surface area contributed by atoms with Crippen molar-refractivity contribution in [2.45, 2.75) is 31.7 Å². The Kier molecular flexibility index (Phi) is 3.30. The summed E-state index contributed by atoms with van der Waals surface area (Å²) in [5.41, 5.74) is 1.20. The van der Waals surface area contributed by atoms with Crippen molar-refractivity contribution in [1.29, 1.82) is 0 Å². The van der Waals surface area contributed by atoms with Crippen LogP contribution < -0.4 is 10.2 Å². The van der Waals surface area contributed by atoms with Crippen LogP contribution in [0.3, 0.4) is 0 Å². The lowest BCUT2D eigenvalue weighted by Gasteiger charge is -2.20. The van der Waals surface area contributed by atoms with Crippen LogP contribution in [0.1, 0.15) is 36.0 Å². The van der Waals surface area contributed by atoms with Gasteiger partial charge >= 0.3 is 0 Å². The zero-order valence-corrected chi connectivity index (χ0v) is 11.2. The minimum Gasteiger partial charge on any atom is -0.371 e. The number of anilines is 1. The van der Waals surface area contributed by atoms with Crippen LogP contribution in [0.5, 0.6) is 0 Å². The predicted octanol–water partition coefficient (Wildman–Crippen LogP) is 2.09. The Morgan fingerprint density at radius 1 is 1.30 bits per heavy atom. The molecule has 0 atom stereocenters. The van der Waals surface area contributed by atoms with E-state index in [0.29, 0.717) is 5.56 Å². The second-order valence-electron chi connectivity index (χ2n) is 5.40.